The van der Waals surface area contributed by atoms with Crippen molar-refractivity contribution in [2.45, 2.75) is 33.0 Å². The van der Waals surface area contributed by atoms with Crippen LogP contribution in [0.1, 0.15) is 37.5 Å². The number of nitrogens with zero attached hydrogens (tertiary/aromatic N) is 1. The second kappa shape index (κ2) is 11.0. The van der Waals surface area contributed by atoms with E-state index in [-0.39, 0.29) is 31.1 Å². The Morgan fingerprint density at radius 2 is 1.86 bits per heavy atom. The van der Waals surface area contributed by atoms with E-state index in [4.69, 9.17) is 37.4 Å². The van der Waals surface area contributed by atoms with Crippen LogP contribution in [0.15, 0.2) is 36.4 Å². The van der Waals surface area contributed by atoms with Crippen molar-refractivity contribution < 1.29 is 23.9 Å². The van der Waals surface area contributed by atoms with Gasteiger partial charge in [-0.05, 0) is 43.2 Å². The summed E-state index contributed by atoms with van der Waals surface area (Å²) in [5.74, 6) is -0.343. The molecule has 0 radical (unpaired) electrons. The molecular formula is C20H21Cl2NO6. The summed E-state index contributed by atoms with van der Waals surface area (Å²) in [7, 11) is 0. The number of ether oxygens (including phenoxy) is 3. The van der Waals surface area contributed by atoms with Gasteiger partial charge in [-0.2, -0.15) is 0 Å². The van der Waals surface area contributed by atoms with Gasteiger partial charge in [0, 0.05) is 12.7 Å². The Kier molecular flexibility index (Phi) is 8.70. The highest BCUT2D eigenvalue weighted by Crippen LogP contribution is 2.33. The first-order valence-electron chi connectivity index (χ1n) is 8.98. The van der Waals surface area contributed by atoms with Gasteiger partial charge >= 0.3 is 11.7 Å². The van der Waals surface area contributed by atoms with Gasteiger partial charge in [0.1, 0.15) is 6.61 Å². The van der Waals surface area contributed by atoms with Crippen LogP contribution in [0.5, 0.6) is 5.75 Å². The van der Waals surface area contributed by atoms with Gasteiger partial charge in [-0.3, -0.25) is 14.9 Å². The van der Waals surface area contributed by atoms with E-state index in [1.165, 1.54) is 12.1 Å². The van der Waals surface area contributed by atoms with Crippen LogP contribution in [0.2, 0.25) is 10.0 Å². The van der Waals surface area contributed by atoms with Gasteiger partial charge in [0.25, 0.3) is 0 Å². The SMILES string of the molecule is CCOC(=O)C[C@H](OCC)c1ccc(OCc2ccc(Cl)c(Cl)c2)c([N+](=O)[O-])c1. The highest BCUT2D eigenvalue weighted by Gasteiger charge is 2.23. The lowest BCUT2D eigenvalue weighted by Gasteiger charge is -2.17. The molecule has 156 valence electrons. The van der Waals surface area contributed by atoms with Crippen LogP contribution in [0, 0.1) is 10.1 Å². The first kappa shape index (κ1) is 22.9. The molecule has 9 heteroatoms. The largest absolute Gasteiger partial charge is 0.482 e. The predicted octanol–water partition coefficient (Wildman–Crippen LogP) is 5.51. The van der Waals surface area contributed by atoms with Crippen molar-refractivity contribution in [2.75, 3.05) is 13.2 Å². The highest BCUT2D eigenvalue weighted by molar-refractivity contribution is 6.42. The van der Waals surface area contributed by atoms with E-state index < -0.39 is 17.0 Å². The van der Waals surface area contributed by atoms with Crippen LogP contribution in [-0.4, -0.2) is 24.1 Å². The van der Waals surface area contributed by atoms with E-state index in [1.807, 2.05) is 0 Å². The monoisotopic (exact) mass is 441 g/mol. The molecule has 0 saturated heterocycles. The van der Waals surface area contributed by atoms with Crippen molar-refractivity contribution >= 4 is 34.9 Å². The number of hydrogen-bond donors (Lipinski definition) is 0. The highest BCUT2D eigenvalue weighted by atomic mass is 35.5. The summed E-state index contributed by atoms with van der Waals surface area (Å²) < 4.78 is 16.1. The van der Waals surface area contributed by atoms with E-state index in [9.17, 15) is 14.9 Å². The Labute approximate surface area is 178 Å². The third-order valence-corrected chi connectivity index (χ3v) is 4.69. The number of nitro groups is 1. The normalized spacial score (nSPS) is 11.7. The molecule has 0 aliphatic carbocycles. The Hall–Kier alpha value is -2.35. The lowest BCUT2D eigenvalue weighted by Crippen LogP contribution is -2.13. The van der Waals surface area contributed by atoms with Crippen molar-refractivity contribution in [3.8, 4) is 5.75 Å². The van der Waals surface area contributed by atoms with Gasteiger partial charge in [-0.1, -0.05) is 35.3 Å². The van der Waals surface area contributed by atoms with E-state index >= 15 is 0 Å². The molecule has 0 aliphatic heterocycles. The molecule has 0 bridgehead atoms. The number of carbonyl (C=O) groups is 1. The Morgan fingerprint density at radius 3 is 2.48 bits per heavy atom. The Balaban J connectivity index is 2.22. The number of benzene rings is 2. The lowest BCUT2D eigenvalue weighted by molar-refractivity contribution is -0.386. The number of hydrogen-bond acceptors (Lipinski definition) is 6. The molecule has 0 saturated carbocycles. The van der Waals surface area contributed by atoms with Crippen molar-refractivity contribution in [1.82, 2.24) is 0 Å². The molecule has 29 heavy (non-hydrogen) atoms. The zero-order valence-corrected chi connectivity index (χ0v) is 17.5. The smallest absolute Gasteiger partial charge is 0.311 e. The van der Waals surface area contributed by atoms with Crippen molar-refractivity contribution in [1.29, 1.82) is 0 Å². The molecule has 0 heterocycles. The molecule has 2 aromatic rings. The van der Waals surface area contributed by atoms with Crippen molar-refractivity contribution in [3.63, 3.8) is 0 Å². The molecule has 0 spiro atoms. The number of nitro benzene ring substituents is 1. The fourth-order valence-electron chi connectivity index (χ4n) is 2.64. The summed E-state index contributed by atoms with van der Waals surface area (Å²) in [6.07, 6.45) is -0.690. The summed E-state index contributed by atoms with van der Waals surface area (Å²) in [5.41, 5.74) is 0.983. The molecule has 7 nitrogen and oxygen atoms in total. The van der Waals surface area contributed by atoms with Crippen molar-refractivity contribution in [2.24, 2.45) is 0 Å². The number of rotatable bonds is 10. The lowest BCUT2D eigenvalue weighted by atomic mass is 10.1. The second-order valence-corrected chi connectivity index (χ2v) is 6.79. The second-order valence-electron chi connectivity index (χ2n) is 5.97. The van der Waals surface area contributed by atoms with Gasteiger partial charge in [-0.25, -0.2) is 0 Å². The van der Waals surface area contributed by atoms with Gasteiger partial charge in [0.15, 0.2) is 5.75 Å². The summed E-state index contributed by atoms with van der Waals surface area (Å²) in [6.45, 7) is 4.15. The molecule has 2 rings (SSSR count). The molecule has 0 amide bonds. The molecule has 0 fully saturated rings. The standard InChI is InChI=1S/C20H21Cl2NO6/c1-3-27-19(11-20(24)28-4-2)14-6-8-18(17(10-14)23(25)26)29-12-13-5-7-15(21)16(22)9-13/h5-10,19H,3-4,11-12H2,1-2H3/t19-/m0/s1. The van der Waals surface area contributed by atoms with Gasteiger partial charge in [0.05, 0.1) is 34.1 Å². The maximum atomic E-state index is 11.8. The van der Waals surface area contributed by atoms with Gasteiger partial charge in [0.2, 0.25) is 0 Å². The van der Waals surface area contributed by atoms with Crippen LogP contribution in [0.3, 0.4) is 0 Å². The minimum absolute atomic E-state index is 0.0394. The van der Waals surface area contributed by atoms with E-state index in [2.05, 4.69) is 0 Å². The maximum Gasteiger partial charge on any atom is 0.311 e. The van der Waals surface area contributed by atoms with Crippen LogP contribution < -0.4 is 4.74 Å². The zero-order chi connectivity index (χ0) is 21.4. The van der Waals surface area contributed by atoms with E-state index in [1.54, 1.807) is 38.1 Å². The third-order valence-electron chi connectivity index (χ3n) is 3.96. The summed E-state index contributed by atoms with van der Waals surface area (Å²) in [5, 5.41) is 12.3. The van der Waals surface area contributed by atoms with E-state index in [0.29, 0.717) is 27.8 Å². The van der Waals surface area contributed by atoms with Crippen LogP contribution in [0.25, 0.3) is 0 Å². The third kappa shape index (κ3) is 6.59. The first-order valence-corrected chi connectivity index (χ1v) is 9.73. The summed E-state index contributed by atoms with van der Waals surface area (Å²) in [6, 6.07) is 9.46. The topological polar surface area (TPSA) is 87.9 Å². The maximum absolute atomic E-state index is 11.8. The average Bonchev–Trinajstić information content (AvgIpc) is 2.68. The van der Waals surface area contributed by atoms with Crippen molar-refractivity contribution in [3.05, 3.63) is 67.7 Å². The number of carbonyl (C=O) groups excluding carboxylic acids is 1. The summed E-state index contributed by atoms with van der Waals surface area (Å²) in [4.78, 5) is 22.8. The predicted molar refractivity (Wildman–Crippen MR) is 110 cm³/mol. The summed E-state index contributed by atoms with van der Waals surface area (Å²) >= 11 is 11.9. The molecule has 0 N–H and O–H groups in total. The number of halogens is 2. The van der Waals surface area contributed by atoms with Crippen LogP contribution in [-0.2, 0) is 20.9 Å². The number of esters is 1. The fourth-order valence-corrected chi connectivity index (χ4v) is 2.96. The van der Waals surface area contributed by atoms with Gasteiger partial charge in [-0.15, -0.1) is 0 Å². The van der Waals surface area contributed by atoms with Gasteiger partial charge < -0.3 is 14.2 Å². The molecule has 1 atom stereocenters. The first-order chi connectivity index (χ1) is 13.8. The molecule has 0 aromatic heterocycles. The molecule has 0 unspecified atom stereocenters. The van der Waals surface area contributed by atoms with Crippen LogP contribution in [0.4, 0.5) is 5.69 Å². The van der Waals surface area contributed by atoms with Crippen LogP contribution >= 0.6 is 23.2 Å². The average molecular weight is 442 g/mol. The minimum Gasteiger partial charge on any atom is -0.482 e. The quantitative estimate of drug-likeness (QED) is 0.274. The Bertz CT molecular complexity index is 874. The zero-order valence-electron chi connectivity index (χ0n) is 16.0. The molecule has 2 aromatic carbocycles. The molecule has 0 aliphatic rings. The fraction of sp³-hybridized carbons (Fsp3) is 0.350. The Morgan fingerprint density at radius 1 is 1.10 bits per heavy atom. The molecular weight excluding hydrogens is 421 g/mol. The van der Waals surface area contributed by atoms with E-state index in [0.717, 1.165) is 0 Å². The minimum atomic E-state index is -0.651.